The fraction of sp³-hybridized carbons (Fsp3) is 0.455. The zero-order chi connectivity index (χ0) is 11.5. The van der Waals surface area contributed by atoms with Gasteiger partial charge in [0.25, 0.3) is 5.69 Å². The summed E-state index contributed by atoms with van der Waals surface area (Å²) in [6, 6.07) is 5.20. The van der Waals surface area contributed by atoms with Gasteiger partial charge in [-0.2, -0.15) is 0 Å². The van der Waals surface area contributed by atoms with E-state index < -0.39 is 0 Å². The molecule has 2 rings (SSSR count). The van der Waals surface area contributed by atoms with Crippen LogP contribution in [0.25, 0.3) is 0 Å². The molecule has 0 spiro atoms. The minimum absolute atomic E-state index is 0.162. The zero-order valence-corrected chi connectivity index (χ0v) is 10.4. The van der Waals surface area contributed by atoms with E-state index in [1.807, 2.05) is 6.07 Å². The van der Waals surface area contributed by atoms with Crippen LogP contribution >= 0.6 is 15.9 Å². The molecular formula is C11H13BrN2O2. The summed E-state index contributed by atoms with van der Waals surface area (Å²) in [7, 11) is 0. The van der Waals surface area contributed by atoms with E-state index in [9.17, 15) is 10.1 Å². The molecule has 0 amide bonds. The molecule has 5 heteroatoms. The molecule has 0 saturated carbocycles. The van der Waals surface area contributed by atoms with Crippen LogP contribution in [0.5, 0.6) is 0 Å². The zero-order valence-electron chi connectivity index (χ0n) is 8.78. The van der Waals surface area contributed by atoms with Gasteiger partial charge in [-0.1, -0.05) is 15.9 Å². The topological polar surface area (TPSA) is 55.2 Å². The lowest BCUT2D eigenvalue weighted by atomic mass is 9.91. The predicted octanol–water partition coefficient (Wildman–Crippen LogP) is 2.82. The van der Waals surface area contributed by atoms with Gasteiger partial charge in [-0.15, -0.1) is 0 Å². The summed E-state index contributed by atoms with van der Waals surface area (Å²) >= 11 is 3.32. The van der Waals surface area contributed by atoms with Crippen molar-refractivity contribution in [1.82, 2.24) is 5.32 Å². The summed E-state index contributed by atoms with van der Waals surface area (Å²) in [4.78, 5) is 10.4. The first kappa shape index (κ1) is 11.5. The van der Waals surface area contributed by atoms with Gasteiger partial charge in [0, 0.05) is 23.2 Å². The van der Waals surface area contributed by atoms with Crippen molar-refractivity contribution in [2.75, 3.05) is 13.1 Å². The van der Waals surface area contributed by atoms with E-state index in [1.165, 1.54) is 0 Å². The van der Waals surface area contributed by atoms with Crippen LogP contribution in [-0.4, -0.2) is 18.0 Å². The lowest BCUT2D eigenvalue weighted by Gasteiger charge is -2.23. The normalized spacial score (nSPS) is 20.7. The van der Waals surface area contributed by atoms with Crippen LogP contribution in [0.15, 0.2) is 22.7 Å². The highest BCUT2D eigenvalue weighted by atomic mass is 79.9. The summed E-state index contributed by atoms with van der Waals surface area (Å²) < 4.78 is 0.780. The molecule has 86 valence electrons. The Morgan fingerprint density at radius 3 is 2.88 bits per heavy atom. The van der Waals surface area contributed by atoms with Crippen LogP contribution in [-0.2, 0) is 0 Å². The molecule has 1 heterocycles. The number of benzene rings is 1. The first-order valence-corrected chi connectivity index (χ1v) is 6.12. The number of hydrogen-bond acceptors (Lipinski definition) is 3. The molecule has 1 unspecified atom stereocenters. The highest BCUT2D eigenvalue weighted by Gasteiger charge is 2.18. The van der Waals surface area contributed by atoms with Crippen molar-refractivity contribution in [3.63, 3.8) is 0 Å². The summed E-state index contributed by atoms with van der Waals surface area (Å²) in [6.45, 7) is 1.96. The lowest BCUT2D eigenvalue weighted by molar-refractivity contribution is -0.385. The van der Waals surface area contributed by atoms with Crippen molar-refractivity contribution in [2.24, 2.45) is 0 Å². The summed E-state index contributed by atoms with van der Waals surface area (Å²) in [6.07, 6.45) is 2.23. The molecule has 1 aliphatic heterocycles. The van der Waals surface area contributed by atoms with Crippen molar-refractivity contribution in [1.29, 1.82) is 0 Å². The van der Waals surface area contributed by atoms with Gasteiger partial charge in [0.05, 0.1) is 4.92 Å². The molecule has 1 fully saturated rings. The van der Waals surface area contributed by atoms with Gasteiger partial charge in [0.15, 0.2) is 0 Å². The largest absolute Gasteiger partial charge is 0.316 e. The molecular weight excluding hydrogens is 272 g/mol. The number of nitrogens with one attached hydrogen (secondary N) is 1. The Hall–Kier alpha value is -0.940. The first-order chi connectivity index (χ1) is 7.66. The molecule has 0 bridgehead atoms. The standard InChI is InChI=1S/C11H13BrN2O2/c12-10-4-9(5-11(6-10)14(15)16)8-2-1-3-13-7-8/h4-6,8,13H,1-3,7H2. The van der Waals surface area contributed by atoms with Crippen LogP contribution in [0.3, 0.4) is 0 Å². The monoisotopic (exact) mass is 284 g/mol. The maximum atomic E-state index is 10.8. The van der Waals surface area contributed by atoms with E-state index in [4.69, 9.17) is 0 Å². The van der Waals surface area contributed by atoms with Gasteiger partial charge in [0.1, 0.15) is 0 Å². The number of nitrogens with zero attached hydrogens (tertiary/aromatic N) is 1. The summed E-state index contributed by atoms with van der Waals surface area (Å²) in [5.41, 5.74) is 1.21. The Labute approximate surface area is 102 Å². The molecule has 1 N–H and O–H groups in total. The van der Waals surface area contributed by atoms with Crippen LogP contribution in [0.1, 0.15) is 24.3 Å². The fourth-order valence-corrected chi connectivity index (χ4v) is 2.57. The highest BCUT2D eigenvalue weighted by Crippen LogP contribution is 2.29. The molecule has 0 aliphatic carbocycles. The first-order valence-electron chi connectivity index (χ1n) is 5.32. The van der Waals surface area contributed by atoms with E-state index in [-0.39, 0.29) is 10.6 Å². The fourth-order valence-electron chi connectivity index (χ4n) is 2.07. The van der Waals surface area contributed by atoms with Crippen molar-refractivity contribution in [3.8, 4) is 0 Å². The van der Waals surface area contributed by atoms with Crippen molar-refractivity contribution < 1.29 is 4.92 Å². The van der Waals surface area contributed by atoms with Crippen LogP contribution in [0, 0.1) is 10.1 Å². The van der Waals surface area contributed by atoms with Crippen molar-refractivity contribution in [2.45, 2.75) is 18.8 Å². The molecule has 1 aliphatic rings. The molecule has 4 nitrogen and oxygen atoms in total. The molecule has 16 heavy (non-hydrogen) atoms. The average Bonchev–Trinajstić information content (AvgIpc) is 2.29. The van der Waals surface area contributed by atoms with E-state index >= 15 is 0 Å². The van der Waals surface area contributed by atoms with E-state index in [1.54, 1.807) is 12.1 Å². The second-order valence-electron chi connectivity index (χ2n) is 4.04. The third kappa shape index (κ3) is 2.59. The van der Waals surface area contributed by atoms with Crippen LogP contribution in [0.4, 0.5) is 5.69 Å². The predicted molar refractivity (Wildman–Crippen MR) is 65.6 cm³/mol. The minimum Gasteiger partial charge on any atom is -0.316 e. The molecule has 1 atom stereocenters. The van der Waals surface area contributed by atoms with E-state index in [0.717, 1.165) is 36.0 Å². The highest BCUT2D eigenvalue weighted by molar-refractivity contribution is 9.10. The Bertz CT molecular complexity index is 403. The Kier molecular flexibility index (Phi) is 3.56. The number of non-ortho nitro benzene ring substituents is 1. The van der Waals surface area contributed by atoms with Gasteiger partial charge < -0.3 is 5.32 Å². The number of hydrogen-bond donors (Lipinski definition) is 1. The van der Waals surface area contributed by atoms with Crippen LogP contribution in [0.2, 0.25) is 0 Å². The van der Waals surface area contributed by atoms with Gasteiger partial charge >= 0.3 is 0 Å². The maximum Gasteiger partial charge on any atom is 0.270 e. The number of nitro benzene ring substituents is 1. The number of halogens is 1. The van der Waals surface area contributed by atoms with Crippen molar-refractivity contribution in [3.05, 3.63) is 38.3 Å². The number of piperidine rings is 1. The molecule has 0 radical (unpaired) electrons. The van der Waals surface area contributed by atoms with Gasteiger partial charge in [-0.3, -0.25) is 10.1 Å². The molecule has 0 aromatic heterocycles. The Morgan fingerprint density at radius 1 is 1.44 bits per heavy atom. The smallest absolute Gasteiger partial charge is 0.270 e. The van der Waals surface area contributed by atoms with Crippen molar-refractivity contribution >= 4 is 21.6 Å². The maximum absolute atomic E-state index is 10.8. The second-order valence-corrected chi connectivity index (χ2v) is 4.96. The second kappa shape index (κ2) is 4.93. The van der Waals surface area contributed by atoms with Gasteiger partial charge in [0.2, 0.25) is 0 Å². The van der Waals surface area contributed by atoms with Gasteiger partial charge in [-0.25, -0.2) is 0 Å². The van der Waals surface area contributed by atoms with Gasteiger partial charge in [-0.05, 0) is 36.9 Å². The number of rotatable bonds is 2. The molecule has 1 aromatic carbocycles. The average molecular weight is 285 g/mol. The van der Waals surface area contributed by atoms with E-state index in [2.05, 4.69) is 21.2 Å². The third-order valence-electron chi connectivity index (χ3n) is 2.88. The minimum atomic E-state index is -0.343. The SMILES string of the molecule is O=[N+]([O-])c1cc(Br)cc(C2CCCNC2)c1. The third-order valence-corrected chi connectivity index (χ3v) is 3.34. The van der Waals surface area contributed by atoms with Crippen LogP contribution < -0.4 is 5.32 Å². The molecule has 1 aromatic rings. The lowest BCUT2D eigenvalue weighted by Crippen LogP contribution is -2.28. The van der Waals surface area contributed by atoms with E-state index in [0.29, 0.717) is 5.92 Å². The Morgan fingerprint density at radius 2 is 2.25 bits per heavy atom. The summed E-state index contributed by atoms with van der Waals surface area (Å²) in [5.74, 6) is 0.393. The molecule has 1 saturated heterocycles. The number of nitro groups is 1. The quantitative estimate of drug-likeness (QED) is 0.671. The Balaban J connectivity index is 2.28. The summed E-state index contributed by atoms with van der Waals surface area (Å²) in [5, 5.41) is 14.1.